The summed E-state index contributed by atoms with van der Waals surface area (Å²) in [5.41, 5.74) is 3.05. The van der Waals surface area contributed by atoms with Crippen LogP contribution in [0.15, 0.2) is 48.5 Å². The van der Waals surface area contributed by atoms with Crippen LogP contribution in [0, 0.1) is 0 Å². The van der Waals surface area contributed by atoms with E-state index in [4.69, 9.17) is 14.8 Å². The van der Waals surface area contributed by atoms with Crippen molar-refractivity contribution < 1.29 is 14.6 Å². The summed E-state index contributed by atoms with van der Waals surface area (Å²) in [6, 6.07) is 16.0. The van der Waals surface area contributed by atoms with Crippen LogP contribution in [0.4, 0.5) is 0 Å². The molecule has 0 unspecified atom stereocenters. The lowest BCUT2D eigenvalue weighted by Crippen LogP contribution is -2.17. The molecule has 1 heterocycles. The van der Waals surface area contributed by atoms with Gasteiger partial charge in [0.05, 0.1) is 18.2 Å². The number of rotatable bonds is 9. The Morgan fingerprint density at radius 3 is 2.56 bits per heavy atom. The summed E-state index contributed by atoms with van der Waals surface area (Å²) in [5, 5.41) is 14.2. The molecule has 0 amide bonds. The third kappa shape index (κ3) is 5.18. The van der Waals surface area contributed by atoms with Crippen LogP contribution in [0.5, 0.6) is 6.01 Å². The number of benzene rings is 2. The Labute approximate surface area is 189 Å². The lowest BCUT2D eigenvalue weighted by atomic mass is 9.95. The second-order valence-corrected chi connectivity index (χ2v) is 8.47. The average molecular weight is 434 g/mol. The molecule has 4 rings (SSSR count). The summed E-state index contributed by atoms with van der Waals surface area (Å²) >= 11 is 0. The van der Waals surface area contributed by atoms with E-state index in [1.165, 1.54) is 19.3 Å². The minimum atomic E-state index is -0.916. The van der Waals surface area contributed by atoms with E-state index >= 15 is 0 Å². The molecule has 0 radical (unpaired) electrons. The molecule has 6 heteroatoms. The van der Waals surface area contributed by atoms with E-state index in [0.717, 1.165) is 48.2 Å². The first-order chi connectivity index (χ1) is 15.7. The van der Waals surface area contributed by atoms with Gasteiger partial charge in [0.15, 0.2) is 0 Å². The van der Waals surface area contributed by atoms with E-state index in [0.29, 0.717) is 30.6 Å². The van der Waals surface area contributed by atoms with Crippen LogP contribution < -0.4 is 4.74 Å². The van der Waals surface area contributed by atoms with Gasteiger partial charge < -0.3 is 9.84 Å². The number of carboxylic acid groups (broad SMARTS) is 1. The van der Waals surface area contributed by atoms with Crippen molar-refractivity contribution in [2.45, 2.75) is 64.3 Å². The van der Waals surface area contributed by atoms with Crippen molar-refractivity contribution in [1.29, 1.82) is 0 Å². The van der Waals surface area contributed by atoms with Gasteiger partial charge in [-0.05, 0) is 42.0 Å². The van der Waals surface area contributed by atoms with Gasteiger partial charge in [0.25, 0.3) is 0 Å². The predicted octanol–water partition coefficient (Wildman–Crippen LogP) is 5.92. The molecular weight excluding hydrogens is 402 g/mol. The highest BCUT2D eigenvalue weighted by atomic mass is 16.5. The van der Waals surface area contributed by atoms with E-state index in [1.807, 2.05) is 36.4 Å². The summed E-state index contributed by atoms with van der Waals surface area (Å²) in [5.74, 6) is 0.0166. The molecular formula is C26H31N3O3. The molecule has 1 aliphatic carbocycles. The lowest BCUT2D eigenvalue weighted by Gasteiger charge is -2.23. The molecule has 0 saturated heterocycles. The Morgan fingerprint density at radius 1 is 1.09 bits per heavy atom. The summed E-state index contributed by atoms with van der Waals surface area (Å²) in [6.07, 6.45) is 8.76. The third-order valence-electron chi connectivity index (χ3n) is 6.12. The van der Waals surface area contributed by atoms with Crippen molar-refractivity contribution in [3.8, 4) is 17.1 Å². The lowest BCUT2D eigenvalue weighted by molar-refractivity contribution is 0.0697. The number of aromatic carboxylic acids is 1. The Balaban J connectivity index is 1.56. The first-order valence-electron chi connectivity index (χ1n) is 11.7. The first kappa shape index (κ1) is 22.1. The van der Waals surface area contributed by atoms with Gasteiger partial charge in [-0.15, -0.1) is 5.10 Å². The molecule has 0 spiro atoms. The number of ether oxygens (including phenoxy) is 1. The number of hydrogen-bond acceptors (Lipinski definition) is 4. The van der Waals surface area contributed by atoms with Crippen LogP contribution in [0.25, 0.3) is 11.1 Å². The molecule has 0 bridgehead atoms. The highest BCUT2D eigenvalue weighted by Crippen LogP contribution is 2.30. The molecule has 1 fully saturated rings. The maximum atomic E-state index is 11.6. The monoisotopic (exact) mass is 433 g/mol. The molecule has 32 heavy (non-hydrogen) atoms. The van der Waals surface area contributed by atoms with E-state index in [-0.39, 0.29) is 0 Å². The van der Waals surface area contributed by atoms with Gasteiger partial charge in [0.1, 0.15) is 5.82 Å². The van der Waals surface area contributed by atoms with E-state index in [2.05, 4.69) is 11.6 Å². The van der Waals surface area contributed by atoms with Crippen LogP contribution in [0.3, 0.4) is 0 Å². The Morgan fingerprint density at radius 2 is 1.84 bits per heavy atom. The predicted molar refractivity (Wildman–Crippen MR) is 124 cm³/mol. The van der Waals surface area contributed by atoms with Crippen LogP contribution in [0.1, 0.15) is 79.7 Å². The SMILES string of the molecule is CCCCOc1nc(Cc2ccc(-c3ccccc3C(=O)O)cc2)n(C2CCCCC2)n1. The zero-order chi connectivity index (χ0) is 22.3. The Bertz CT molecular complexity index is 1040. The van der Waals surface area contributed by atoms with Crippen molar-refractivity contribution in [2.75, 3.05) is 6.61 Å². The zero-order valence-corrected chi connectivity index (χ0v) is 18.7. The number of carboxylic acids is 1. The van der Waals surface area contributed by atoms with Crippen LogP contribution in [-0.4, -0.2) is 32.4 Å². The average Bonchev–Trinajstić information content (AvgIpc) is 3.23. The standard InChI is InChI=1S/C26H31N3O3/c1-2-3-17-32-26-27-24(29(28-26)21-9-5-4-6-10-21)18-19-13-15-20(16-14-19)22-11-7-8-12-23(22)25(30)31/h7-8,11-16,21H,2-6,9-10,17-18H2,1H3,(H,30,31). The molecule has 1 N–H and O–H groups in total. The third-order valence-corrected chi connectivity index (χ3v) is 6.12. The fraction of sp³-hybridized carbons (Fsp3) is 0.423. The van der Waals surface area contributed by atoms with Crippen molar-refractivity contribution in [3.05, 3.63) is 65.5 Å². The molecule has 6 nitrogen and oxygen atoms in total. The number of carbonyl (C=O) groups is 1. The smallest absolute Gasteiger partial charge is 0.336 e. The van der Waals surface area contributed by atoms with Gasteiger partial charge in [-0.25, -0.2) is 9.48 Å². The molecule has 1 aromatic heterocycles. The topological polar surface area (TPSA) is 77.2 Å². The molecule has 1 aliphatic rings. The Kier molecular flexibility index (Phi) is 7.20. The highest BCUT2D eigenvalue weighted by molar-refractivity contribution is 5.95. The molecule has 1 saturated carbocycles. The fourth-order valence-electron chi connectivity index (χ4n) is 4.35. The van der Waals surface area contributed by atoms with Crippen LogP contribution in [-0.2, 0) is 6.42 Å². The van der Waals surface area contributed by atoms with Gasteiger partial charge in [0.2, 0.25) is 0 Å². The van der Waals surface area contributed by atoms with E-state index in [9.17, 15) is 9.90 Å². The molecule has 0 atom stereocenters. The van der Waals surface area contributed by atoms with Gasteiger partial charge >= 0.3 is 12.0 Å². The Hall–Kier alpha value is -3.15. The first-order valence-corrected chi connectivity index (χ1v) is 11.7. The summed E-state index contributed by atoms with van der Waals surface area (Å²) < 4.78 is 7.90. The summed E-state index contributed by atoms with van der Waals surface area (Å²) in [4.78, 5) is 16.3. The minimum absolute atomic E-state index is 0.311. The fourth-order valence-corrected chi connectivity index (χ4v) is 4.35. The second-order valence-electron chi connectivity index (χ2n) is 8.47. The molecule has 2 aromatic carbocycles. The van der Waals surface area contributed by atoms with Crippen molar-refractivity contribution in [3.63, 3.8) is 0 Å². The maximum Gasteiger partial charge on any atom is 0.336 e. The quantitative estimate of drug-likeness (QED) is 0.424. The zero-order valence-electron chi connectivity index (χ0n) is 18.7. The normalized spacial score (nSPS) is 14.4. The van der Waals surface area contributed by atoms with Crippen molar-refractivity contribution in [1.82, 2.24) is 14.8 Å². The van der Waals surface area contributed by atoms with Crippen LogP contribution in [0.2, 0.25) is 0 Å². The maximum absolute atomic E-state index is 11.6. The van der Waals surface area contributed by atoms with Gasteiger partial charge in [0, 0.05) is 6.42 Å². The molecule has 0 aliphatic heterocycles. The number of unbranched alkanes of at least 4 members (excludes halogenated alkanes) is 1. The van der Waals surface area contributed by atoms with Crippen molar-refractivity contribution >= 4 is 5.97 Å². The van der Waals surface area contributed by atoms with Gasteiger partial charge in [-0.1, -0.05) is 75.1 Å². The number of nitrogens with zero attached hydrogens (tertiary/aromatic N) is 3. The number of hydrogen-bond donors (Lipinski definition) is 1. The van der Waals surface area contributed by atoms with Crippen LogP contribution >= 0.6 is 0 Å². The molecule has 168 valence electrons. The van der Waals surface area contributed by atoms with E-state index < -0.39 is 5.97 Å². The highest BCUT2D eigenvalue weighted by Gasteiger charge is 2.22. The van der Waals surface area contributed by atoms with Gasteiger partial charge in [-0.2, -0.15) is 4.98 Å². The number of aromatic nitrogens is 3. The minimum Gasteiger partial charge on any atom is -0.478 e. The summed E-state index contributed by atoms with van der Waals surface area (Å²) in [6.45, 7) is 2.78. The second kappa shape index (κ2) is 10.4. The van der Waals surface area contributed by atoms with E-state index in [1.54, 1.807) is 12.1 Å². The van der Waals surface area contributed by atoms with Gasteiger partial charge in [-0.3, -0.25) is 0 Å². The molecule has 3 aromatic rings. The summed E-state index contributed by atoms with van der Waals surface area (Å²) in [7, 11) is 0. The van der Waals surface area contributed by atoms with Crippen molar-refractivity contribution in [2.24, 2.45) is 0 Å². The largest absolute Gasteiger partial charge is 0.478 e.